The number of ether oxygens (including phenoxy) is 2. The van der Waals surface area contributed by atoms with Gasteiger partial charge >= 0.3 is 6.18 Å². The molecule has 25 heavy (non-hydrogen) atoms. The average molecular weight is 374 g/mol. The van der Waals surface area contributed by atoms with Gasteiger partial charge in [-0.1, -0.05) is 11.6 Å². The maximum Gasteiger partial charge on any atom is 0.417 e. The topological polar surface area (TPSA) is 55.7 Å². The van der Waals surface area contributed by atoms with Crippen molar-refractivity contribution < 1.29 is 22.6 Å². The molecule has 0 amide bonds. The van der Waals surface area contributed by atoms with E-state index >= 15 is 0 Å². The Bertz CT molecular complexity index is 750. The first-order chi connectivity index (χ1) is 11.8. The second-order valence-electron chi connectivity index (χ2n) is 4.77. The van der Waals surface area contributed by atoms with Gasteiger partial charge in [-0.15, -0.1) is 0 Å². The molecule has 2 rings (SSSR count). The van der Waals surface area contributed by atoms with E-state index in [9.17, 15) is 13.2 Å². The third kappa shape index (κ3) is 4.99. The summed E-state index contributed by atoms with van der Waals surface area (Å²) in [6.45, 7) is 2.26. The molecule has 0 fully saturated rings. The van der Waals surface area contributed by atoms with Gasteiger partial charge in [0.25, 0.3) is 0 Å². The zero-order valence-electron chi connectivity index (χ0n) is 13.4. The summed E-state index contributed by atoms with van der Waals surface area (Å²) in [6, 6.07) is 5.41. The van der Waals surface area contributed by atoms with Gasteiger partial charge in [0.05, 0.1) is 30.5 Å². The number of alkyl halides is 3. The van der Waals surface area contributed by atoms with Gasteiger partial charge < -0.3 is 9.47 Å². The quantitative estimate of drug-likeness (QED) is 0.593. The molecule has 0 aliphatic rings. The number of pyridine rings is 1. The van der Waals surface area contributed by atoms with Crippen LogP contribution in [0.5, 0.6) is 11.5 Å². The average Bonchev–Trinajstić information content (AvgIpc) is 2.55. The Labute approximate surface area is 147 Å². The predicted octanol–water partition coefficient (Wildman–Crippen LogP) is 4.61. The predicted molar refractivity (Wildman–Crippen MR) is 89.6 cm³/mol. The summed E-state index contributed by atoms with van der Waals surface area (Å²) in [7, 11) is 1.48. The van der Waals surface area contributed by atoms with Gasteiger partial charge in [0, 0.05) is 6.20 Å². The highest BCUT2D eigenvalue weighted by molar-refractivity contribution is 6.32. The molecule has 0 radical (unpaired) electrons. The van der Waals surface area contributed by atoms with Crippen LogP contribution in [0, 0.1) is 0 Å². The van der Waals surface area contributed by atoms with E-state index in [0.717, 1.165) is 12.3 Å². The number of benzene rings is 1. The van der Waals surface area contributed by atoms with Crippen LogP contribution >= 0.6 is 11.6 Å². The molecular weight excluding hydrogens is 359 g/mol. The van der Waals surface area contributed by atoms with Gasteiger partial charge in [0.15, 0.2) is 11.5 Å². The van der Waals surface area contributed by atoms with Crippen molar-refractivity contribution in [3.05, 3.63) is 46.6 Å². The van der Waals surface area contributed by atoms with E-state index in [2.05, 4.69) is 15.5 Å². The minimum atomic E-state index is -4.43. The molecule has 0 aliphatic heterocycles. The fourth-order valence-electron chi connectivity index (χ4n) is 1.92. The highest BCUT2D eigenvalue weighted by atomic mass is 35.5. The normalized spacial score (nSPS) is 11.6. The smallest absolute Gasteiger partial charge is 0.417 e. The number of nitrogens with zero attached hydrogens (tertiary/aromatic N) is 2. The van der Waals surface area contributed by atoms with Crippen LogP contribution in [0.25, 0.3) is 0 Å². The van der Waals surface area contributed by atoms with Crippen LogP contribution in [0.3, 0.4) is 0 Å². The summed E-state index contributed by atoms with van der Waals surface area (Å²) in [5.41, 5.74) is 2.34. The van der Waals surface area contributed by atoms with Crippen LogP contribution in [-0.2, 0) is 6.18 Å². The Morgan fingerprint density at radius 3 is 2.64 bits per heavy atom. The second-order valence-corrected chi connectivity index (χ2v) is 5.17. The number of rotatable bonds is 6. The molecule has 1 heterocycles. The molecule has 0 saturated carbocycles. The molecule has 0 saturated heterocycles. The second kappa shape index (κ2) is 8.06. The lowest BCUT2D eigenvalue weighted by Gasteiger charge is -2.11. The molecule has 0 unspecified atom stereocenters. The Kier molecular flexibility index (Phi) is 6.08. The number of halogens is 4. The number of hydrogen-bond acceptors (Lipinski definition) is 5. The van der Waals surface area contributed by atoms with Crippen molar-refractivity contribution in [1.29, 1.82) is 0 Å². The fraction of sp³-hybridized carbons (Fsp3) is 0.250. The number of methoxy groups -OCH3 is 1. The number of nitrogens with one attached hydrogen (secondary N) is 1. The molecule has 2 aromatic rings. The van der Waals surface area contributed by atoms with Crippen molar-refractivity contribution in [3.8, 4) is 11.5 Å². The molecule has 1 aromatic carbocycles. The molecular formula is C16H15ClF3N3O2. The Hall–Kier alpha value is -2.48. The molecule has 5 nitrogen and oxygen atoms in total. The molecule has 0 atom stereocenters. The highest BCUT2D eigenvalue weighted by Crippen LogP contribution is 2.36. The lowest BCUT2D eigenvalue weighted by Crippen LogP contribution is -2.05. The van der Waals surface area contributed by atoms with Crippen LogP contribution in [0.15, 0.2) is 35.6 Å². The third-order valence-corrected chi connectivity index (χ3v) is 3.30. The molecule has 0 bridgehead atoms. The molecule has 0 aliphatic carbocycles. The molecule has 134 valence electrons. The van der Waals surface area contributed by atoms with Crippen LogP contribution in [-0.4, -0.2) is 24.9 Å². The summed E-state index contributed by atoms with van der Waals surface area (Å²) >= 11 is 6.12. The minimum absolute atomic E-state index is 0.175. The zero-order valence-corrected chi connectivity index (χ0v) is 14.1. The van der Waals surface area contributed by atoms with Crippen molar-refractivity contribution in [3.63, 3.8) is 0 Å². The first kappa shape index (κ1) is 18.9. The van der Waals surface area contributed by atoms with Crippen molar-refractivity contribution >= 4 is 23.6 Å². The van der Waals surface area contributed by atoms with Gasteiger partial charge in [-0.3, -0.25) is 5.43 Å². The van der Waals surface area contributed by atoms with Crippen molar-refractivity contribution in [1.82, 2.24) is 4.98 Å². The van der Waals surface area contributed by atoms with Crippen LogP contribution in [0.1, 0.15) is 18.1 Å². The van der Waals surface area contributed by atoms with E-state index in [1.54, 1.807) is 12.1 Å². The van der Waals surface area contributed by atoms with Crippen molar-refractivity contribution in [2.24, 2.45) is 5.10 Å². The lowest BCUT2D eigenvalue weighted by atomic mass is 10.2. The fourth-order valence-corrected chi connectivity index (χ4v) is 2.22. The van der Waals surface area contributed by atoms with Gasteiger partial charge in [0.2, 0.25) is 0 Å². The van der Waals surface area contributed by atoms with E-state index < -0.39 is 11.7 Å². The third-order valence-electron chi connectivity index (χ3n) is 3.02. The monoisotopic (exact) mass is 373 g/mol. The largest absolute Gasteiger partial charge is 0.491 e. The molecule has 1 aromatic heterocycles. The maximum atomic E-state index is 12.5. The highest BCUT2D eigenvalue weighted by Gasteiger charge is 2.30. The van der Waals surface area contributed by atoms with Gasteiger partial charge in [-0.25, -0.2) is 4.98 Å². The van der Waals surface area contributed by atoms with Crippen molar-refractivity contribution in [2.75, 3.05) is 19.1 Å². The van der Waals surface area contributed by atoms with Crippen LogP contribution in [0.4, 0.5) is 19.0 Å². The molecule has 1 N–H and O–H groups in total. The van der Waals surface area contributed by atoms with Gasteiger partial charge in [0.1, 0.15) is 5.82 Å². The zero-order chi connectivity index (χ0) is 18.4. The summed E-state index contributed by atoms with van der Waals surface area (Å²) in [5, 5.41) is 4.28. The Morgan fingerprint density at radius 1 is 1.32 bits per heavy atom. The Morgan fingerprint density at radius 2 is 2.08 bits per heavy atom. The standard InChI is InChI=1S/C16H15ClF3N3O2/c1-3-25-13-7-10(6-12(17)15(13)24-2)8-22-23-14-5-4-11(9-21-14)16(18,19)20/h4-9H,3H2,1-2H3,(H,21,23)/b22-8-. The van der Waals surface area contributed by atoms with E-state index in [-0.39, 0.29) is 5.82 Å². The Balaban J connectivity index is 2.11. The van der Waals surface area contributed by atoms with E-state index in [1.165, 1.54) is 19.4 Å². The maximum absolute atomic E-state index is 12.5. The number of hydrogen-bond donors (Lipinski definition) is 1. The van der Waals surface area contributed by atoms with E-state index in [0.29, 0.717) is 28.7 Å². The summed E-state index contributed by atoms with van der Waals surface area (Å²) in [6.07, 6.45) is -2.26. The number of anilines is 1. The van der Waals surface area contributed by atoms with Gasteiger partial charge in [-0.05, 0) is 36.8 Å². The number of aromatic nitrogens is 1. The minimum Gasteiger partial charge on any atom is -0.491 e. The summed E-state index contributed by atoms with van der Waals surface area (Å²) in [4.78, 5) is 3.65. The summed E-state index contributed by atoms with van der Waals surface area (Å²) in [5.74, 6) is 1.05. The van der Waals surface area contributed by atoms with Crippen LogP contribution in [0.2, 0.25) is 5.02 Å². The van der Waals surface area contributed by atoms with Crippen molar-refractivity contribution in [2.45, 2.75) is 13.1 Å². The van der Waals surface area contributed by atoms with E-state index in [4.69, 9.17) is 21.1 Å². The first-order valence-electron chi connectivity index (χ1n) is 7.17. The summed E-state index contributed by atoms with van der Waals surface area (Å²) < 4.78 is 48.0. The first-order valence-corrected chi connectivity index (χ1v) is 7.55. The van der Waals surface area contributed by atoms with Crippen LogP contribution < -0.4 is 14.9 Å². The van der Waals surface area contributed by atoms with Gasteiger partial charge in [-0.2, -0.15) is 18.3 Å². The molecule has 0 spiro atoms. The SMILES string of the molecule is CCOc1cc(/C=N\Nc2ccc(C(F)(F)F)cn2)cc(Cl)c1OC. The molecule has 9 heteroatoms. The number of hydrazone groups is 1. The van der Waals surface area contributed by atoms with E-state index in [1.807, 2.05) is 6.92 Å². The lowest BCUT2D eigenvalue weighted by molar-refractivity contribution is -0.137.